The summed E-state index contributed by atoms with van der Waals surface area (Å²) in [5, 5.41) is 3.04. The van der Waals surface area contributed by atoms with Crippen LogP contribution >= 0.6 is 11.3 Å². The molecule has 6 nitrogen and oxygen atoms in total. The highest BCUT2D eigenvalue weighted by atomic mass is 32.1. The van der Waals surface area contributed by atoms with E-state index in [0.29, 0.717) is 0 Å². The number of halogens is 3. The molecular weight excluding hydrogens is 337 g/mol. The predicted molar refractivity (Wildman–Crippen MR) is 76.6 cm³/mol. The number of nitrogens with one attached hydrogen (secondary N) is 2. The number of hydrogen-bond donors (Lipinski definition) is 2. The molecule has 1 aromatic heterocycles. The number of alkyl halides is 3. The molecule has 0 saturated carbocycles. The van der Waals surface area contributed by atoms with Gasteiger partial charge >= 0.3 is 18.2 Å². The van der Waals surface area contributed by atoms with Crippen molar-refractivity contribution in [3.8, 4) is 0 Å². The van der Waals surface area contributed by atoms with Crippen LogP contribution in [0, 0.1) is 6.92 Å². The molecule has 0 fully saturated rings. The zero-order valence-electron chi connectivity index (χ0n) is 11.9. The maximum atomic E-state index is 11.8. The van der Waals surface area contributed by atoms with Crippen LogP contribution in [0.2, 0.25) is 0 Å². The summed E-state index contributed by atoms with van der Waals surface area (Å²) in [6, 6.07) is 2.33. The first-order valence-corrected chi connectivity index (χ1v) is 7.03. The highest BCUT2D eigenvalue weighted by molar-refractivity contribution is 7.12. The van der Waals surface area contributed by atoms with Gasteiger partial charge in [0.15, 0.2) is 6.61 Å². The van der Waals surface area contributed by atoms with Crippen molar-refractivity contribution in [2.24, 2.45) is 0 Å². The Morgan fingerprint density at radius 1 is 1.30 bits per heavy atom. The number of rotatable bonds is 5. The smallest absolute Gasteiger partial charge is 0.405 e. The van der Waals surface area contributed by atoms with Crippen molar-refractivity contribution >= 4 is 35.3 Å². The van der Waals surface area contributed by atoms with E-state index in [9.17, 15) is 27.6 Å². The van der Waals surface area contributed by atoms with Gasteiger partial charge in [0.1, 0.15) is 6.54 Å². The van der Waals surface area contributed by atoms with Crippen molar-refractivity contribution in [2.45, 2.75) is 13.1 Å². The van der Waals surface area contributed by atoms with Crippen LogP contribution in [0.1, 0.15) is 9.75 Å². The van der Waals surface area contributed by atoms with Crippen molar-refractivity contribution in [3.05, 3.63) is 28.0 Å². The molecule has 0 radical (unpaired) electrons. The van der Waals surface area contributed by atoms with Gasteiger partial charge in [-0.3, -0.25) is 10.1 Å². The quantitative estimate of drug-likeness (QED) is 0.628. The van der Waals surface area contributed by atoms with E-state index in [1.165, 1.54) is 22.7 Å². The SMILES string of the molecule is Cc1ccc(/C=C/C(=O)OCC(=O)NC(=O)NCC(F)(F)F)s1. The first-order valence-electron chi connectivity index (χ1n) is 6.21. The van der Waals surface area contributed by atoms with Crippen molar-refractivity contribution in [1.82, 2.24) is 10.6 Å². The Kier molecular flexibility index (Phi) is 6.76. The van der Waals surface area contributed by atoms with Crippen LogP contribution in [0.3, 0.4) is 0 Å². The van der Waals surface area contributed by atoms with Gasteiger partial charge in [-0.05, 0) is 25.1 Å². The minimum atomic E-state index is -4.59. The first-order chi connectivity index (χ1) is 10.7. The Morgan fingerprint density at radius 2 is 2.00 bits per heavy atom. The van der Waals surface area contributed by atoms with Gasteiger partial charge in [-0.25, -0.2) is 9.59 Å². The van der Waals surface area contributed by atoms with Crippen molar-refractivity contribution in [2.75, 3.05) is 13.2 Å². The molecule has 0 aliphatic heterocycles. The minimum Gasteiger partial charge on any atom is -0.452 e. The van der Waals surface area contributed by atoms with Gasteiger partial charge in [0.05, 0.1) is 0 Å². The lowest BCUT2D eigenvalue weighted by Crippen LogP contribution is -2.44. The lowest BCUT2D eigenvalue weighted by molar-refractivity contribution is -0.143. The summed E-state index contributed by atoms with van der Waals surface area (Å²) >= 11 is 1.45. The number of carbonyl (C=O) groups excluding carboxylic acids is 3. The minimum absolute atomic E-state index is 0.786. The monoisotopic (exact) mass is 350 g/mol. The molecule has 0 spiro atoms. The summed E-state index contributed by atoms with van der Waals surface area (Å²) in [5.74, 6) is -1.86. The Balaban J connectivity index is 2.28. The van der Waals surface area contributed by atoms with Gasteiger partial charge < -0.3 is 10.1 Å². The molecule has 23 heavy (non-hydrogen) atoms. The van der Waals surface area contributed by atoms with E-state index in [1.807, 2.05) is 13.0 Å². The molecule has 1 rings (SSSR count). The zero-order chi connectivity index (χ0) is 17.5. The van der Waals surface area contributed by atoms with Crippen LogP contribution in [-0.4, -0.2) is 37.2 Å². The Morgan fingerprint density at radius 3 is 2.57 bits per heavy atom. The van der Waals surface area contributed by atoms with Crippen LogP contribution < -0.4 is 10.6 Å². The number of urea groups is 1. The summed E-state index contributed by atoms with van der Waals surface area (Å²) in [7, 11) is 0. The highest BCUT2D eigenvalue weighted by Gasteiger charge is 2.27. The third-order valence-corrected chi connectivity index (χ3v) is 3.16. The molecule has 3 amide bonds. The van der Waals surface area contributed by atoms with Crippen LogP contribution in [0.25, 0.3) is 6.08 Å². The second kappa shape index (κ2) is 8.32. The third-order valence-electron chi connectivity index (χ3n) is 2.19. The molecule has 1 heterocycles. The summed E-state index contributed by atoms with van der Waals surface area (Å²) in [4.78, 5) is 35.4. The van der Waals surface area contributed by atoms with Crippen LogP contribution in [0.5, 0.6) is 0 Å². The molecule has 2 N–H and O–H groups in total. The van der Waals surface area contributed by atoms with E-state index in [2.05, 4.69) is 4.74 Å². The fourth-order valence-corrected chi connectivity index (χ4v) is 2.05. The number of hydrogen-bond acceptors (Lipinski definition) is 5. The van der Waals surface area contributed by atoms with E-state index in [0.717, 1.165) is 15.8 Å². The molecule has 10 heteroatoms. The Labute approximate surface area is 133 Å². The lowest BCUT2D eigenvalue weighted by atomic mass is 10.4. The standard InChI is InChI=1S/C13H13F3N2O4S/c1-8-2-3-9(23-8)4-5-11(20)22-6-10(19)18-12(21)17-7-13(14,15)16/h2-5H,6-7H2,1H3,(H2,17,18,19,21)/b5-4+. The number of imide groups is 1. The Hall–Kier alpha value is -2.36. The van der Waals surface area contributed by atoms with Gasteiger partial charge in [-0.15, -0.1) is 11.3 Å². The average molecular weight is 350 g/mol. The van der Waals surface area contributed by atoms with Crippen LogP contribution in [0.4, 0.5) is 18.0 Å². The largest absolute Gasteiger partial charge is 0.452 e. The van der Waals surface area contributed by atoms with Gasteiger partial charge in [0.25, 0.3) is 5.91 Å². The maximum Gasteiger partial charge on any atom is 0.405 e. The molecule has 0 aromatic carbocycles. The van der Waals surface area contributed by atoms with Crippen LogP contribution in [-0.2, 0) is 14.3 Å². The summed E-state index contributed by atoms with van der Waals surface area (Å²) in [6.07, 6.45) is -1.99. The number of esters is 1. The summed E-state index contributed by atoms with van der Waals surface area (Å²) in [5.41, 5.74) is 0. The van der Waals surface area contributed by atoms with E-state index < -0.39 is 37.2 Å². The van der Waals surface area contributed by atoms with Crippen LogP contribution in [0.15, 0.2) is 18.2 Å². The topological polar surface area (TPSA) is 84.5 Å². The average Bonchev–Trinajstić information content (AvgIpc) is 2.86. The third kappa shape index (κ3) is 8.61. The molecule has 0 aliphatic carbocycles. The number of aryl methyl sites for hydroxylation is 1. The molecule has 1 aromatic rings. The number of carbonyl (C=O) groups is 3. The zero-order valence-corrected chi connectivity index (χ0v) is 12.7. The van der Waals surface area contributed by atoms with E-state index in [4.69, 9.17) is 0 Å². The Bertz CT molecular complexity index is 611. The fraction of sp³-hybridized carbons (Fsp3) is 0.308. The van der Waals surface area contributed by atoms with Gasteiger partial charge in [0.2, 0.25) is 0 Å². The molecule has 0 aliphatic rings. The second-order valence-corrected chi connectivity index (χ2v) is 5.55. The van der Waals surface area contributed by atoms with Crippen molar-refractivity contribution < 1.29 is 32.3 Å². The second-order valence-electron chi connectivity index (χ2n) is 4.24. The van der Waals surface area contributed by atoms with Gasteiger partial charge in [-0.2, -0.15) is 13.2 Å². The van der Waals surface area contributed by atoms with Crippen molar-refractivity contribution in [3.63, 3.8) is 0 Å². The number of thiophene rings is 1. The van der Waals surface area contributed by atoms with E-state index >= 15 is 0 Å². The normalized spacial score (nSPS) is 11.3. The number of amides is 3. The summed E-state index contributed by atoms with van der Waals surface area (Å²) in [6.45, 7) is -0.463. The highest BCUT2D eigenvalue weighted by Crippen LogP contribution is 2.16. The van der Waals surface area contributed by atoms with Crippen molar-refractivity contribution in [1.29, 1.82) is 0 Å². The fourth-order valence-electron chi connectivity index (χ4n) is 1.27. The molecule has 0 atom stereocenters. The molecule has 0 bridgehead atoms. The molecule has 0 saturated heterocycles. The maximum absolute atomic E-state index is 11.8. The summed E-state index contributed by atoms with van der Waals surface area (Å²) < 4.78 is 40.0. The number of ether oxygens (including phenoxy) is 1. The van der Waals surface area contributed by atoms with Gasteiger partial charge in [-0.1, -0.05) is 0 Å². The first kappa shape index (κ1) is 18.7. The van der Waals surface area contributed by atoms with Gasteiger partial charge in [0, 0.05) is 15.8 Å². The lowest BCUT2D eigenvalue weighted by Gasteiger charge is -2.08. The van der Waals surface area contributed by atoms with E-state index in [1.54, 1.807) is 11.4 Å². The molecule has 0 unspecified atom stereocenters. The van der Waals surface area contributed by atoms with E-state index in [-0.39, 0.29) is 0 Å². The molecule has 126 valence electrons. The molecular formula is C13H13F3N2O4S. The predicted octanol–water partition coefficient (Wildman–Crippen LogP) is 2.00.